The van der Waals surface area contributed by atoms with E-state index >= 15 is 0 Å². The van der Waals surface area contributed by atoms with Gasteiger partial charge in [0.25, 0.3) is 0 Å². The molecule has 1 atom stereocenters. The third-order valence-corrected chi connectivity index (χ3v) is 2.87. The van der Waals surface area contributed by atoms with E-state index in [-0.39, 0.29) is 0 Å². The maximum atomic E-state index is 9.12. The maximum absolute atomic E-state index is 9.12. The molecule has 0 saturated carbocycles. The average molecular weight is 207 g/mol. The lowest BCUT2D eigenvalue weighted by atomic mass is 9.98. The van der Waals surface area contributed by atoms with Crippen LogP contribution in [0, 0.1) is 11.8 Å². The highest BCUT2D eigenvalue weighted by atomic mass is 16.3. The molecule has 0 aromatic heterocycles. The van der Waals surface area contributed by atoms with Crippen LogP contribution < -0.4 is 5.32 Å². The normalized spacial score (nSPS) is 13.1. The van der Waals surface area contributed by atoms with E-state index in [1.54, 1.807) is 12.1 Å². The fourth-order valence-corrected chi connectivity index (χ4v) is 1.29. The van der Waals surface area contributed by atoms with E-state index in [4.69, 9.17) is 5.11 Å². The van der Waals surface area contributed by atoms with Crippen LogP contribution in [0.4, 0.5) is 0 Å². The molecule has 0 fully saturated rings. The van der Waals surface area contributed by atoms with Gasteiger partial charge in [-0.3, -0.25) is 0 Å². The van der Waals surface area contributed by atoms with Crippen molar-refractivity contribution in [2.24, 2.45) is 11.8 Å². The maximum Gasteiger partial charge on any atom is 0.115 e. The average Bonchev–Trinajstić information content (AvgIpc) is 2.20. The number of hydrogen-bond donors (Lipinski definition) is 2. The van der Waals surface area contributed by atoms with Crippen LogP contribution in [0.5, 0.6) is 5.75 Å². The molecule has 0 aliphatic heterocycles. The summed E-state index contributed by atoms with van der Waals surface area (Å²) in [5.74, 6) is 1.74. The van der Waals surface area contributed by atoms with Crippen molar-refractivity contribution in [3.63, 3.8) is 0 Å². The molecule has 0 saturated heterocycles. The zero-order valence-corrected chi connectivity index (χ0v) is 9.83. The van der Waals surface area contributed by atoms with E-state index in [1.807, 2.05) is 12.1 Å². The van der Waals surface area contributed by atoms with Gasteiger partial charge in [0.05, 0.1) is 0 Å². The highest BCUT2D eigenvalue weighted by Crippen LogP contribution is 2.10. The van der Waals surface area contributed by atoms with E-state index in [0.29, 0.717) is 11.7 Å². The summed E-state index contributed by atoms with van der Waals surface area (Å²) in [6, 6.07) is 7.34. The minimum Gasteiger partial charge on any atom is -0.508 e. The van der Waals surface area contributed by atoms with Crippen LogP contribution in [0.3, 0.4) is 0 Å². The van der Waals surface area contributed by atoms with Crippen molar-refractivity contribution in [2.45, 2.75) is 27.3 Å². The largest absolute Gasteiger partial charge is 0.508 e. The first-order valence-electron chi connectivity index (χ1n) is 5.58. The van der Waals surface area contributed by atoms with Crippen LogP contribution in [0.15, 0.2) is 24.3 Å². The molecular weight excluding hydrogens is 186 g/mol. The SMILES string of the molecule is CC(C)C(C)CNCc1ccc(O)cc1. The number of nitrogens with one attached hydrogen (secondary N) is 1. The molecule has 1 rings (SSSR count). The van der Waals surface area contributed by atoms with Gasteiger partial charge in [0.1, 0.15) is 5.75 Å². The van der Waals surface area contributed by atoms with Gasteiger partial charge in [-0.2, -0.15) is 0 Å². The van der Waals surface area contributed by atoms with Crippen LogP contribution in [-0.4, -0.2) is 11.7 Å². The standard InChI is InChI=1S/C13H21NO/c1-10(2)11(3)8-14-9-12-4-6-13(15)7-5-12/h4-7,10-11,14-15H,8-9H2,1-3H3. The van der Waals surface area contributed by atoms with E-state index in [0.717, 1.165) is 19.0 Å². The summed E-state index contributed by atoms with van der Waals surface area (Å²) in [5, 5.41) is 12.5. The van der Waals surface area contributed by atoms with Crippen molar-refractivity contribution in [3.05, 3.63) is 29.8 Å². The molecule has 1 aromatic carbocycles. The summed E-state index contributed by atoms with van der Waals surface area (Å²) in [6.45, 7) is 8.66. The van der Waals surface area contributed by atoms with Crippen molar-refractivity contribution < 1.29 is 5.11 Å². The van der Waals surface area contributed by atoms with E-state index in [9.17, 15) is 0 Å². The fraction of sp³-hybridized carbons (Fsp3) is 0.538. The minimum atomic E-state index is 0.328. The molecule has 2 N–H and O–H groups in total. The van der Waals surface area contributed by atoms with Gasteiger partial charge in [-0.15, -0.1) is 0 Å². The van der Waals surface area contributed by atoms with Gasteiger partial charge in [0.15, 0.2) is 0 Å². The molecule has 0 radical (unpaired) electrons. The third kappa shape index (κ3) is 4.34. The Labute approximate surface area is 92.3 Å². The number of rotatable bonds is 5. The zero-order valence-electron chi connectivity index (χ0n) is 9.83. The van der Waals surface area contributed by atoms with Crippen LogP contribution >= 0.6 is 0 Å². The monoisotopic (exact) mass is 207 g/mol. The minimum absolute atomic E-state index is 0.328. The Hall–Kier alpha value is -1.02. The molecule has 0 aliphatic carbocycles. The summed E-state index contributed by atoms with van der Waals surface area (Å²) < 4.78 is 0. The molecule has 2 nitrogen and oxygen atoms in total. The molecule has 0 heterocycles. The van der Waals surface area contributed by atoms with E-state index in [1.165, 1.54) is 5.56 Å². The van der Waals surface area contributed by atoms with Gasteiger partial charge in [0, 0.05) is 6.54 Å². The highest BCUT2D eigenvalue weighted by molar-refractivity contribution is 5.25. The van der Waals surface area contributed by atoms with Crippen LogP contribution in [0.2, 0.25) is 0 Å². The molecule has 84 valence electrons. The Balaban J connectivity index is 2.29. The molecule has 0 spiro atoms. The Morgan fingerprint density at radius 3 is 2.27 bits per heavy atom. The zero-order chi connectivity index (χ0) is 11.3. The Kier molecular flexibility index (Phi) is 4.63. The van der Waals surface area contributed by atoms with Gasteiger partial charge >= 0.3 is 0 Å². The lowest BCUT2D eigenvalue weighted by Gasteiger charge is -2.16. The second-order valence-electron chi connectivity index (χ2n) is 4.52. The highest BCUT2D eigenvalue weighted by Gasteiger charge is 2.05. The van der Waals surface area contributed by atoms with Gasteiger partial charge < -0.3 is 10.4 Å². The fourth-order valence-electron chi connectivity index (χ4n) is 1.29. The number of phenolic OH excluding ortho intramolecular Hbond substituents is 1. The predicted octanol–water partition coefficient (Wildman–Crippen LogP) is 2.77. The second-order valence-corrected chi connectivity index (χ2v) is 4.52. The van der Waals surface area contributed by atoms with Gasteiger partial charge in [-0.1, -0.05) is 32.9 Å². The summed E-state index contributed by atoms with van der Waals surface area (Å²) in [4.78, 5) is 0. The van der Waals surface area contributed by atoms with E-state index < -0.39 is 0 Å². The first kappa shape index (κ1) is 12.1. The van der Waals surface area contributed by atoms with Crippen molar-refractivity contribution in [3.8, 4) is 5.75 Å². The molecule has 2 heteroatoms. The molecule has 0 bridgehead atoms. The Bertz CT molecular complexity index is 279. The molecular formula is C13H21NO. The van der Waals surface area contributed by atoms with Crippen LogP contribution in [0.1, 0.15) is 26.3 Å². The third-order valence-electron chi connectivity index (χ3n) is 2.87. The van der Waals surface area contributed by atoms with E-state index in [2.05, 4.69) is 26.1 Å². The smallest absolute Gasteiger partial charge is 0.115 e. The topological polar surface area (TPSA) is 32.3 Å². The first-order valence-corrected chi connectivity index (χ1v) is 5.58. The molecule has 0 amide bonds. The number of phenols is 1. The van der Waals surface area contributed by atoms with Crippen molar-refractivity contribution in [1.82, 2.24) is 5.32 Å². The Morgan fingerprint density at radius 2 is 1.73 bits per heavy atom. The first-order chi connectivity index (χ1) is 7.09. The molecule has 15 heavy (non-hydrogen) atoms. The number of aromatic hydroxyl groups is 1. The lowest BCUT2D eigenvalue weighted by molar-refractivity contribution is 0.392. The summed E-state index contributed by atoms with van der Waals surface area (Å²) in [5.41, 5.74) is 1.21. The number of benzene rings is 1. The predicted molar refractivity (Wildman–Crippen MR) is 63.8 cm³/mol. The van der Waals surface area contributed by atoms with Gasteiger partial charge in [0.2, 0.25) is 0 Å². The lowest BCUT2D eigenvalue weighted by Crippen LogP contribution is -2.23. The Morgan fingerprint density at radius 1 is 1.13 bits per heavy atom. The summed E-state index contributed by atoms with van der Waals surface area (Å²) >= 11 is 0. The molecule has 1 aromatic rings. The summed E-state index contributed by atoms with van der Waals surface area (Å²) in [6.07, 6.45) is 0. The molecule has 0 aliphatic rings. The number of hydrogen-bond acceptors (Lipinski definition) is 2. The van der Waals surface area contributed by atoms with Gasteiger partial charge in [-0.05, 0) is 36.1 Å². The van der Waals surface area contributed by atoms with Crippen LogP contribution in [-0.2, 0) is 6.54 Å². The second kappa shape index (κ2) is 5.76. The summed E-state index contributed by atoms with van der Waals surface area (Å²) in [7, 11) is 0. The van der Waals surface area contributed by atoms with Crippen molar-refractivity contribution >= 4 is 0 Å². The van der Waals surface area contributed by atoms with Crippen molar-refractivity contribution in [2.75, 3.05) is 6.54 Å². The van der Waals surface area contributed by atoms with Crippen LogP contribution in [0.25, 0.3) is 0 Å². The van der Waals surface area contributed by atoms with Gasteiger partial charge in [-0.25, -0.2) is 0 Å². The van der Waals surface area contributed by atoms with Crippen molar-refractivity contribution in [1.29, 1.82) is 0 Å². The quantitative estimate of drug-likeness (QED) is 0.778. The molecule has 1 unspecified atom stereocenters.